The fourth-order valence-electron chi connectivity index (χ4n) is 3.57. The van der Waals surface area contributed by atoms with Crippen LogP contribution < -0.4 is 10.9 Å². The average Bonchev–Trinajstić information content (AvgIpc) is 2.98. The third-order valence-corrected chi connectivity index (χ3v) is 4.99. The fourth-order valence-corrected chi connectivity index (χ4v) is 3.57. The summed E-state index contributed by atoms with van der Waals surface area (Å²) in [4.78, 5) is 23.7. The van der Waals surface area contributed by atoms with Crippen LogP contribution in [-0.2, 0) is 4.79 Å². The van der Waals surface area contributed by atoms with Crippen molar-refractivity contribution in [3.63, 3.8) is 0 Å². The number of hydrogen-bond acceptors (Lipinski definition) is 4. The first-order valence-corrected chi connectivity index (χ1v) is 8.99. The van der Waals surface area contributed by atoms with Gasteiger partial charge in [0, 0.05) is 24.0 Å². The maximum Gasteiger partial charge on any atom is 0.264 e. The van der Waals surface area contributed by atoms with Crippen molar-refractivity contribution in [3.8, 4) is 5.82 Å². The van der Waals surface area contributed by atoms with Gasteiger partial charge >= 0.3 is 0 Å². The van der Waals surface area contributed by atoms with Crippen molar-refractivity contribution in [2.75, 3.05) is 5.32 Å². The van der Waals surface area contributed by atoms with Gasteiger partial charge in [-0.1, -0.05) is 38.1 Å². The Kier molecular flexibility index (Phi) is 4.14. The Hall–Kier alpha value is -3.22. The van der Waals surface area contributed by atoms with Crippen LogP contribution >= 0.6 is 0 Å². The molecule has 1 atom stereocenters. The second-order valence-electron chi connectivity index (χ2n) is 7.17. The number of aryl methyl sites for hydroxylation is 1. The van der Waals surface area contributed by atoms with E-state index in [1.165, 1.54) is 11.6 Å². The molecule has 1 aliphatic heterocycles. The molecule has 3 aromatic rings. The molecule has 27 heavy (non-hydrogen) atoms. The van der Waals surface area contributed by atoms with Crippen LogP contribution in [0.15, 0.2) is 41.2 Å². The molecule has 2 aromatic heterocycles. The quantitative estimate of drug-likeness (QED) is 0.748. The fraction of sp³-hybridized carbons (Fsp3) is 0.300. The van der Waals surface area contributed by atoms with Crippen molar-refractivity contribution in [1.82, 2.24) is 20.0 Å². The van der Waals surface area contributed by atoms with Crippen molar-refractivity contribution in [3.05, 3.63) is 69.1 Å². The van der Waals surface area contributed by atoms with E-state index in [9.17, 15) is 9.59 Å². The molecule has 0 aliphatic carbocycles. The lowest BCUT2D eigenvalue weighted by atomic mass is 9.85. The monoisotopic (exact) mass is 363 g/mol. The lowest BCUT2D eigenvalue weighted by molar-refractivity contribution is -0.116. The number of amides is 1. The van der Waals surface area contributed by atoms with Crippen LogP contribution in [0, 0.1) is 6.92 Å². The molecule has 7 heteroatoms. The van der Waals surface area contributed by atoms with Gasteiger partial charge in [0.15, 0.2) is 5.82 Å². The number of anilines is 1. The third-order valence-electron chi connectivity index (χ3n) is 4.99. The van der Waals surface area contributed by atoms with Crippen LogP contribution in [0.5, 0.6) is 0 Å². The molecule has 0 saturated carbocycles. The van der Waals surface area contributed by atoms with Gasteiger partial charge in [-0.3, -0.25) is 9.59 Å². The molecule has 0 saturated heterocycles. The van der Waals surface area contributed by atoms with E-state index in [0.29, 0.717) is 24.0 Å². The van der Waals surface area contributed by atoms with Crippen molar-refractivity contribution in [2.24, 2.45) is 0 Å². The summed E-state index contributed by atoms with van der Waals surface area (Å²) in [5, 5.41) is 13.9. The molecular weight excluding hydrogens is 342 g/mol. The van der Waals surface area contributed by atoms with Crippen molar-refractivity contribution < 1.29 is 4.79 Å². The molecule has 3 heterocycles. The average molecular weight is 363 g/mol. The highest BCUT2D eigenvalue weighted by molar-refractivity contribution is 5.95. The van der Waals surface area contributed by atoms with Gasteiger partial charge in [-0.2, -0.15) is 14.9 Å². The topological polar surface area (TPSA) is 92.7 Å². The van der Waals surface area contributed by atoms with Gasteiger partial charge in [-0.15, -0.1) is 0 Å². The minimum absolute atomic E-state index is 0.0635. The van der Waals surface area contributed by atoms with Crippen LogP contribution in [0.25, 0.3) is 5.82 Å². The summed E-state index contributed by atoms with van der Waals surface area (Å²) in [5.41, 5.74) is 3.89. The number of benzene rings is 1. The van der Waals surface area contributed by atoms with Crippen LogP contribution in [0.2, 0.25) is 0 Å². The predicted octanol–water partition coefficient (Wildman–Crippen LogP) is 2.86. The van der Waals surface area contributed by atoms with E-state index in [4.69, 9.17) is 0 Å². The van der Waals surface area contributed by atoms with Crippen molar-refractivity contribution in [1.29, 1.82) is 0 Å². The summed E-state index contributed by atoms with van der Waals surface area (Å²) in [6.45, 7) is 6.24. The molecule has 1 aliphatic rings. The zero-order valence-electron chi connectivity index (χ0n) is 15.5. The van der Waals surface area contributed by atoms with Gasteiger partial charge in [0.1, 0.15) is 5.82 Å². The predicted molar refractivity (Wildman–Crippen MR) is 102 cm³/mol. The maximum atomic E-state index is 12.4. The molecule has 138 valence electrons. The van der Waals surface area contributed by atoms with Gasteiger partial charge in [0.05, 0.1) is 5.69 Å². The first kappa shape index (κ1) is 17.2. The number of aromatic nitrogens is 4. The minimum Gasteiger partial charge on any atom is -0.310 e. The third kappa shape index (κ3) is 3.05. The van der Waals surface area contributed by atoms with E-state index in [2.05, 4.69) is 58.7 Å². The lowest BCUT2D eigenvalue weighted by Gasteiger charge is -2.24. The SMILES string of the molecule is Cc1nn(-c2ccc(=O)[nH]n2)c2c1[C@H](c1ccc(C(C)C)cc1)CC(=O)N2. The number of rotatable bonds is 3. The van der Waals surface area contributed by atoms with Crippen molar-refractivity contribution >= 4 is 11.7 Å². The highest BCUT2D eigenvalue weighted by Gasteiger charge is 2.32. The Bertz CT molecular complexity index is 1040. The zero-order chi connectivity index (χ0) is 19.1. The number of fused-ring (bicyclic) bond motifs is 1. The molecule has 1 aromatic carbocycles. The molecule has 4 rings (SSSR count). The van der Waals surface area contributed by atoms with E-state index in [1.807, 2.05) is 6.92 Å². The van der Waals surface area contributed by atoms with Gasteiger partial charge < -0.3 is 5.32 Å². The number of hydrogen-bond donors (Lipinski definition) is 2. The summed E-state index contributed by atoms with van der Waals surface area (Å²) < 4.78 is 1.58. The second kappa shape index (κ2) is 6.50. The van der Waals surface area contributed by atoms with Crippen LogP contribution in [0.4, 0.5) is 5.82 Å². The molecular formula is C20H21N5O2. The van der Waals surface area contributed by atoms with Crippen LogP contribution in [-0.4, -0.2) is 25.9 Å². The first-order chi connectivity index (χ1) is 12.9. The number of H-pyrrole nitrogens is 1. The Morgan fingerprint density at radius 1 is 1.11 bits per heavy atom. The highest BCUT2D eigenvalue weighted by atomic mass is 16.1. The van der Waals surface area contributed by atoms with E-state index in [1.54, 1.807) is 10.7 Å². The van der Waals surface area contributed by atoms with E-state index in [-0.39, 0.29) is 17.4 Å². The first-order valence-electron chi connectivity index (χ1n) is 8.99. The Labute approximate surface area is 156 Å². The molecule has 7 nitrogen and oxygen atoms in total. The molecule has 0 fully saturated rings. The molecule has 0 bridgehead atoms. The summed E-state index contributed by atoms with van der Waals surface area (Å²) in [6, 6.07) is 11.4. The molecule has 2 N–H and O–H groups in total. The number of carbonyl (C=O) groups excluding carboxylic acids is 1. The Morgan fingerprint density at radius 2 is 1.85 bits per heavy atom. The highest BCUT2D eigenvalue weighted by Crippen LogP contribution is 2.40. The number of nitrogens with zero attached hydrogens (tertiary/aromatic N) is 3. The smallest absolute Gasteiger partial charge is 0.264 e. The Morgan fingerprint density at radius 3 is 2.48 bits per heavy atom. The Balaban J connectivity index is 1.81. The molecule has 0 unspecified atom stereocenters. The van der Waals surface area contributed by atoms with Gasteiger partial charge in [-0.25, -0.2) is 5.10 Å². The maximum absolute atomic E-state index is 12.4. The molecule has 0 radical (unpaired) electrons. The number of aromatic amines is 1. The van der Waals surface area contributed by atoms with Crippen molar-refractivity contribution in [2.45, 2.75) is 39.0 Å². The molecule has 0 spiro atoms. The largest absolute Gasteiger partial charge is 0.310 e. The second-order valence-corrected chi connectivity index (χ2v) is 7.17. The van der Waals surface area contributed by atoms with E-state index in [0.717, 1.165) is 16.8 Å². The number of carbonyl (C=O) groups is 1. The summed E-state index contributed by atoms with van der Waals surface area (Å²) >= 11 is 0. The molecule has 1 amide bonds. The van der Waals surface area contributed by atoms with E-state index < -0.39 is 0 Å². The minimum atomic E-state index is -0.288. The van der Waals surface area contributed by atoms with Gasteiger partial charge in [0.25, 0.3) is 5.56 Å². The summed E-state index contributed by atoms with van der Waals surface area (Å²) in [7, 11) is 0. The van der Waals surface area contributed by atoms with Gasteiger partial charge in [0.2, 0.25) is 5.91 Å². The normalized spacial score (nSPS) is 16.3. The zero-order valence-corrected chi connectivity index (χ0v) is 15.5. The number of nitrogens with one attached hydrogen (secondary N) is 2. The summed E-state index contributed by atoms with van der Waals surface area (Å²) in [5.74, 6) is 1.40. The standard InChI is InChI=1S/C20H21N5O2/c1-11(2)13-4-6-14(7-5-13)15-10-18(27)21-20-19(15)12(3)24-25(20)16-8-9-17(26)23-22-16/h4-9,11,15H,10H2,1-3H3,(H,21,27)(H,23,26)/t15-/m0/s1. The van der Waals surface area contributed by atoms with Crippen LogP contribution in [0.1, 0.15) is 54.5 Å². The van der Waals surface area contributed by atoms with E-state index >= 15 is 0 Å². The summed E-state index contributed by atoms with van der Waals surface area (Å²) in [6.07, 6.45) is 0.375. The van der Waals surface area contributed by atoms with Crippen LogP contribution in [0.3, 0.4) is 0 Å². The van der Waals surface area contributed by atoms with Gasteiger partial charge in [-0.05, 0) is 30.0 Å². The lowest BCUT2D eigenvalue weighted by Crippen LogP contribution is -2.25.